The number of pyridine rings is 2. The molecule has 0 aliphatic heterocycles. The van der Waals surface area contributed by atoms with Crippen molar-refractivity contribution >= 4 is 28.5 Å². The minimum absolute atomic E-state index is 0.0318. The summed E-state index contributed by atoms with van der Waals surface area (Å²) in [7, 11) is 0. The average Bonchev–Trinajstić information content (AvgIpc) is 2.77. The Morgan fingerprint density at radius 2 is 1.87 bits per heavy atom. The molecule has 0 spiro atoms. The van der Waals surface area contributed by atoms with Crippen molar-refractivity contribution in [2.24, 2.45) is 0 Å². The minimum atomic E-state index is -0.299. The van der Waals surface area contributed by atoms with E-state index in [1.165, 1.54) is 6.42 Å². The van der Waals surface area contributed by atoms with Gasteiger partial charge in [0.15, 0.2) is 0 Å². The van der Waals surface area contributed by atoms with Crippen LogP contribution in [0.2, 0.25) is 5.02 Å². The number of benzene rings is 1. The molecule has 3 aromatic rings. The van der Waals surface area contributed by atoms with Gasteiger partial charge >= 0.3 is 0 Å². The molecule has 0 unspecified atom stereocenters. The average molecular weight is 438 g/mol. The van der Waals surface area contributed by atoms with Crippen molar-refractivity contribution < 1.29 is 4.79 Å². The van der Waals surface area contributed by atoms with Crippen LogP contribution in [0.1, 0.15) is 61.9 Å². The van der Waals surface area contributed by atoms with Crippen LogP contribution >= 0.6 is 11.6 Å². The van der Waals surface area contributed by atoms with Gasteiger partial charge in [-0.05, 0) is 62.6 Å². The van der Waals surface area contributed by atoms with E-state index in [1.54, 1.807) is 29.0 Å². The highest BCUT2D eigenvalue weighted by Gasteiger charge is 2.30. The number of halogens is 1. The lowest BCUT2D eigenvalue weighted by Gasteiger charge is -2.37. The number of amides is 1. The lowest BCUT2D eigenvalue weighted by molar-refractivity contribution is 0.0553. The van der Waals surface area contributed by atoms with Crippen molar-refractivity contribution in [3.63, 3.8) is 0 Å². The molecule has 1 aliphatic carbocycles. The van der Waals surface area contributed by atoms with Gasteiger partial charge in [-0.2, -0.15) is 0 Å². The Morgan fingerprint density at radius 1 is 1.16 bits per heavy atom. The molecule has 1 amide bonds. The van der Waals surface area contributed by atoms with Crippen LogP contribution in [0.3, 0.4) is 0 Å². The van der Waals surface area contributed by atoms with Gasteiger partial charge in [0, 0.05) is 28.7 Å². The molecule has 0 bridgehead atoms. The van der Waals surface area contributed by atoms with Crippen LogP contribution in [0, 0.1) is 0 Å². The van der Waals surface area contributed by atoms with Crippen molar-refractivity contribution in [2.75, 3.05) is 0 Å². The van der Waals surface area contributed by atoms with E-state index in [0.717, 1.165) is 36.6 Å². The molecule has 31 heavy (non-hydrogen) atoms. The Morgan fingerprint density at radius 3 is 2.55 bits per heavy atom. The summed E-state index contributed by atoms with van der Waals surface area (Å²) < 4.78 is 1.60. The molecule has 0 N–H and O–H groups in total. The largest absolute Gasteiger partial charge is 0.333 e. The second-order valence-electron chi connectivity index (χ2n) is 8.59. The van der Waals surface area contributed by atoms with Gasteiger partial charge in [0.2, 0.25) is 0 Å². The smallest absolute Gasteiger partial charge is 0.265 e. The van der Waals surface area contributed by atoms with Crippen molar-refractivity contribution in [1.29, 1.82) is 0 Å². The van der Waals surface area contributed by atoms with Gasteiger partial charge in [-0.25, -0.2) is 4.98 Å². The van der Waals surface area contributed by atoms with Gasteiger partial charge < -0.3 is 4.90 Å². The lowest BCUT2D eigenvalue weighted by atomic mass is 9.93. The number of hydrogen-bond donors (Lipinski definition) is 0. The summed E-state index contributed by atoms with van der Waals surface area (Å²) in [6.45, 7) is 4.39. The van der Waals surface area contributed by atoms with Gasteiger partial charge in [-0.15, -0.1) is 0 Å². The first-order valence-corrected chi connectivity index (χ1v) is 11.4. The van der Waals surface area contributed by atoms with Gasteiger partial charge in [0.1, 0.15) is 11.2 Å². The van der Waals surface area contributed by atoms with E-state index in [0.29, 0.717) is 17.2 Å². The van der Waals surface area contributed by atoms with Crippen LogP contribution < -0.4 is 5.56 Å². The topological polar surface area (TPSA) is 55.2 Å². The summed E-state index contributed by atoms with van der Waals surface area (Å²) in [4.78, 5) is 33.6. The Labute approximate surface area is 187 Å². The number of nitrogens with zero attached hydrogens (tertiary/aromatic N) is 3. The fourth-order valence-electron chi connectivity index (χ4n) is 4.60. The van der Waals surface area contributed by atoms with E-state index in [2.05, 4.69) is 4.98 Å². The minimum Gasteiger partial charge on any atom is -0.333 e. The molecule has 5 nitrogen and oxygen atoms in total. The molecule has 1 aliphatic rings. The molecule has 0 saturated heterocycles. The second-order valence-corrected chi connectivity index (χ2v) is 9.03. The molecule has 1 aromatic carbocycles. The Balaban J connectivity index is 1.80. The molecule has 2 aromatic heterocycles. The summed E-state index contributed by atoms with van der Waals surface area (Å²) in [5.41, 5.74) is 1.42. The molecule has 1 fully saturated rings. The molecular weight excluding hydrogens is 410 g/mol. The summed E-state index contributed by atoms with van der Waals surface area (Å²) in [5, 5.41) is 1.43. The summed E-state index contributed by atoms with van der Waals surface area (Å²) in [6.07, 6.45) is 7.14. The number of carbonyl (C=O) groups excluding carboxylic acids is 1. The van der Waals surface area contributed by atoms with E-state index in [-0.39, 0.29) is 29.1 Å². The Kier molecular flexibility index (Phi) is 6.42. The zero-order valence-electron chi connectivity index (χ0n) is 18.1. The van der Waals surface area contributed by atoms with E-state index >= 15 is 0 Å². The number of aromatic nitrogens is 2. The van der Waals surface area contributed by atoms with Gasteiger partial charge in [-0.1, -0.05) is 43.0 Å². The van der Waals surface area contributed by atoms with Crippen LogP contribution in [0.15, 0.2) is 53.5 Å². The first-order chi connectivity index (χ1) is 15.0. The first kappa shape index (κ1) is 21.6. The van der Waals surface area contributed by atoms with Crippen LogP contribution in [-0.2, 0) is 6.54 Å². The predicted octanol–water partition coefficient (Wildman–Crippen LogP) is 5.28. The number of rotatable bonds is 5. The van der Waals surface area contributed by atoms with Gasteiger partial charge in [0.25, 0.3) is 11.5 Å². The van der Waals surface area contributed by atoms with E-state index < -0.39 is 0 Å². The normalized spacial score (nSPS) is 14.8. The zero-order chi connectivity index (χ0) is 22.0. The zero-order valence-corrected chi connectivity index (χ0v) is 18.8. The summed E-state index contributed by atoms with van der Waals surface area (Å²) in [5.74, 6) is -0.178. The van der Waals surface area contributed by atoms with Crippen LogP contribution in [0.25, 0.3) is 11.0 Å². The number of carbonyl (C=O) groups is 1. The SMILES string of the molecule is CC(C)N(C(=O)c1cc2cccnc2n(Cc2ccc(Cl)cc2)c1=O)C1CCCCC1. The Hall–Kier alpha value is -2.66. The van der Waals surface area contributed by atoms with Crippen LogP contribution in [0.5, 0.6) is 0 Å². The third kappa shape index (κ3) is 4.52. The first-order valence-electron chi connectivity index (χ1n) is 11.0. The molecule has 4 rings (SSSR count). The quantitative estimate of drug-likeness (QED) is 0.545. The van der Waals surface area contributed by atoms with E-state index in [4.69, 9.17) is 11.6 Å². The second kappa shape index (κ2) is 9.23. The van der Waals surface area contributed by atoms with Gasteiger partial charge in [0.05, 0.1) is 6.54 Å². The summed E-state index contributed by atoms with van der Waals surface area (Å²) >= 11 is 6.01. The summed E-state index contributed by atoms with van der Waals surface area (Å²) in [6, 6.07) is 13.0. The van der Waals surface area contributed by atoms with E-state index in [9.17, 15) is 9.59 Å². The highest BCUT2D eigenvalue weighted by molar-refractivity contribution is 6.30. The molecule has 0 atom stereocenters. The molecule has 6 heteroatoms. The molecule has 2 heterocycles. The molecule has 162 valence electrons. The third-order valence-electron chi connectivity index (χ3n) is 6.09. The van der Waals surface area contributed by atoms with Crippen molar-refractivity contribution in [3.8, 4) is 0 Å². The monoisotopic (exact) mass is 437 g/mol. The van der Waals surface area contributed by atoms with Gasteiger partial charge in [-0.3, -0.25) is 14.2 Å². The molecule has 1 saturated carbocycles. The maximum absolute atomic E-state index is 13.7. The lowest BCUT2D eigenvalue weighted by Crippen LogP contribution is -2.47. The fourth-order valence-corrected chi connectivity index (χ4v) is 4.72. The maximum Gasteiger partial charge on any atom is 0.265 e. The standard InChI is InChI=1S/C25H28ClN3O2/c1-17(2)29(21-8-4-3-5-9-21)25(31)22-15-19-7-6-14-27-23(19)28(24(22)30)16-18-10-12-20(26)13-11-18/h6-7,10-15,17,21H,3-5,8-9,16H2,1-2H3. The molecule has 0 radical (unpaired) electrons. The van der Waals surface area contributed by atoms with Crippen molar-refractivity contribution in [3.05, 3.63) is 75.2 Å². The van der Waals surface area contributed by atoms with Crippen LogP contribution in [-0.4, -0.2) is 32.4 Å². The van der Waals surface area contributed by atoms with Crippen LogP contribution in [0.4, 0.5) is 0 Å². The predicted molar refractivity (Wildman–Crippen MR) is 125 cm³/mol. The third-order valence-corrected chi connectivity index (χ3v) is 6.34. The highest BCUT2D eigenvalue weighted by Crippen LogP contribution is 2.26. The van der Waals surface area contributed by atoms with Crippen molar-refractivity contribution in [1.82, 2.24) is 14.5 Å². The van der Waals surface area contributed by atoms with E-state index in [1.807, 2.05) is 43.0 Å². The number of hydrogen-bond acceptors (Lipinski definition) is 3. The van der Waals surface area contributed by atoms with Crippen molar-refractivity contribution in [2.45, 2.75) is 64.6 Å². The number of fused-ring (bicyclic) bond motifs is 1. The Bertz CT molecular complexity index is 1130. The maximum atomic E-state index is 13.7. The highest BCUT2D eigenvalue weighted by atomic mass is 35.5. The fraction of sp³-hybridized carbons (Fsp3) is 0.400. The molecular formula is C25H28ClN3O2.